The van der Waals surface area contributed by atoms with Crippen LogP contribution in [0.5, 0.6) is 11.5 Å². The molecule has 0 unspecified atom stereocenters. The molecule has 0 heterocycles. The van der Waals surface area contributed by atoms with Crippen molar-refractivity contribution in [2.24, 2.45) is 4.99 Å². The second-order valence-corrected chi connectivity index (χ2v) is 4.77. The van der Waals surface area contributed by atoms with Gasteiger partial charge in [-0.2, -0.15) is 26.3 Å². The summed E-state index contributed by atoms with van der Waals surface area (Å²) in [5, 5.41) is 18.6. The maximum Gasteiger partial charge on any atom is 0.416 e. The Balaban J connectivity index is 2.47. The Kier molecular flexibility index (Phi) is 4.46. The molecule has 0 aliphatic heterocycles. The van der Waals surface area contributed by atoms with Crippen LogP contribution in [0.15, 0.2) is 41.4 Å². The zero-order valence-corrected chi connectivity index (χ0v) is 11.7. The number of nitrogens with zero attached hydrogens (tertiary/aromatic N) is 1. The third-order valence-electron chi connectivity index (χ3n) is 2.94. The smallest absolute Gasteiger partial charge is 0.416 e. The Morgan fingerprint density at radius 2 is 1.33 bits per heavy atom. The summed E-state index contributed by atoms with van der Waals surface area (Å²) in [4.78, 5) is 3.55. The number of phenols is 2. The lowest BCUT2D eigenvalue weighted by Gasteiger charge is -2.12. The molecule has 0 aliphatic rings. The molecule has 0 radical (unpaired) electrons. The van der Waals surface area contributed by atoms with Crippen LogP contribution in [-0.4, -0.2) is 16.4 Å². The summed E-state index contributed by atoms with van der Waals surface area (Å²) in [6.07, 6.45) is -9.04. The molecule has 128 valence electrons. The SMILES string of the molecule is Oc1ccc(C=Nc2cc(C(F)(F)F)cc(C(F)(F)F)c2)c(O)c1. The van der Waals surface area contributed by atoms with Crippen LogP contribution in [0.2, 0.25) is 0 Å². The second kappa shape index (κ2) is 6.06. The summed E-state index contributed by atoms with van der Waals surface area (Å²) < 4.78 is 76.3. The van der Waals surface area contributed by atoms with Gasteiger partial charge in [0, 0.05) is 17.8 Å². The van der Waals surface area contributed by atoms with Crippen molar-refractivity contribution in [3.63, 3.8) is 0 Å². The number of phenolic OH excluding ortho intramolecular Hbond substituents is 2. The van der Waals surface area contributed by atoms with Gasteiger partial charge in [0.25, 0.3) is 0 Å². The molecule has 0 atom stereocenters. The van der Waals surface area contributed by atoms with E-state index in [-0.39, 0.29) is 17.4 Å². The molecule has 0 aliphatic carbocycles. The highest BCUT2D eigenvalue weighted by atomic mass is 19.4. The van der Waals surface area contributed by atoms with E-state index >= 15 is 0 Å². The number of halogens is 6. The molecule has 2 aromatic carbocycles. The van der Waals surface area contributed by atoms with Gasteiger partial charge in [-0.05, 0) is 30.3 Å². The normalized spacial score (nSPS) is 12.8. The first-order valence-corrected chi connectivity index (χ1v) is 6.32. The minimum absolute atomic E-state index is 0.00293. The summed E-state index contributed by atoms with van der Waals surface area (Å²) in [5.74, 6) is -0.690. The van der Waals surface area contributed by atoms with E-state index in [1.807, 2.05) is 0 Å². The van der Waals surface area contributed by atoms with E-state index in [2.05, 4.69) is 4.99 Å². The summed E-state index contributed by atoms with van der Waals surface area (Å²) in [6.45, 7) is 0. The molecule has 0 amide bonds. The van der Waals surface area contributed by atoms with Crippen LogP contribution in [0.4, 0.5) is 32.0 Å². The van der Waals surface area contributed by atoms with Crippen molar-refractivity contribution < 1.29 is 36.6 Å². The first-order chi connectivity index (χ1) is 11.0. The first-order valence-electron chi connectivity index (χ1n) is 6.32. The number of benzene rings is 2. The van der Waals surface area contributed by atoms with Gasteiger partial charge in [-0.25, -0.2) is 0 Å². The largest absolute Gasteiger partial charge is 0.508 e. The van der Waals surface area contributed by atoms with Gasteiger partial charge in [0.1, 0.15) is 11.5 Å². The summed E-state index contributed by atoms with van der Waals surface area (Å²) >= 11 is 0. The molecule has 0 bridgehead atoms. The van der Waals surface area contributed by atoms with Crippen molar-refractivity contribution in [1.82, 2.24) is 0 Å². The van der Waals surface area contributed by atoms with Gasteiger partial charge >= 0.3 is 12.4 Å². The molecule has 0 saturated carbocycles. The predicted octanol–water partition coefficient (Wildman–Crippen LogP) is 4.89. The van der Waals surface area contributed by atoms with Gasteiger partial charge in [0.05, 0.1) is 16.8 Å². The van der Waals surface area contributed by atoms with E-state index in [9.17, 15) is 31.4 Å². The Hall–Kier alpha value is -2.71. The van der Waals surface area contributed by atoms with E-state index in [1.54, 1.807) is 0 Å². The van der Waals surface area contributed by atoms with Crippen molar-refractivity contribution in [3.8, 4) is 11.5 Å². The number of aromatic hydroxyl groups is 2. The van der Waals surface area contributed by atoms with Crippen LogP contribution in [0.3, 0.4) is 0 Å². The molecule has 0 spiro atoms. The molecular weight excluding hydrogens is 340 g/mol. The van der Waals surface area contributed by atoms with Crippen LogP contribution in [0.25, 0.3) is 0 Å². The van der Waals surface area contributed by atoms with E-state index in [4.69, 9.17) is 5.11 Å². The lowest BCUT2D eigenvalue weighted by Crippen LogP contribution is -2.10. The van der Waals surface area contributed by atoms with Crippen LogP contribution >= 0.6 is 0 Å². The summed E-state index contributed by atoms with van der Waals surface area (Å²) in [5.41, 5.74) is -3.54. The lowest BCUT2D eigenvalue weighted by atomic mass is 10.1. The highest BCUT2D eigenvalue weighted by Crippen LogP contribution is 2.38. The van der Waals surface area contributed by atoms with Crippen LogP contribution < -0.4 is 0 Å². The number of rotatable bonds is 2. The van der Waals surface area contributed by atoms with Crippen molar-refractivity contribution in [3.05, 3.63) is 53.1 Å². The van der Waals surface area contributed by atoms with Gasteiger partial charge in [0.2, 0.25) is 0 Å². The van der Waals surface area contributed by atoms with Crippen molar-refractivity contribution in [2.75, 3.05) is 0 Å². The fourth-order valence-corrected chi connectivity index (χ4v) is 1.80. The highest BCUT2D eigenvalue weighted by molar-refractivity contribution is 5.85. The molecular formula is C15H9F6NO2. The maximum absolute atomic E-state index is 12.7. The Morgan fingerprint density at radius 1 is 0.792 bits per heavy atom. The molecule has 2 rings (SSSR count). The molecule has 0 aromatic heterocycles. The number of aliphatic imine (C=N–C) groups is 1. The quantitative estimate of drug-likeness (QED) is 0.599. The molecule has 2 aromatic rings. The van der Waals surface area contributed by atoms with E-state index in [0.29, 0.717) is 12.1 Å². The van der Waals surface area contributed by atoms with Gasteiger partial charge in [0.15, 0.2) is 0 Å². The van der Waals surface area contributed by atoms with Crippen LogP contribution in [0.1, 0.15) is 16.7 Å². The fraction of sp³-hybridized carbons (Fsp3) is 0.133. The average molecular weight is 349 g/mol. The molecule has 24 heavy (non-hydrogen) atoms. The molecule has 3 nitrogen and oxygen atoms in total. The molecule has 2 N–H and O–H groups in total. The van der Waals surface area contributed by atoms with E-state index in [1.165, 1.54) is 12.1 Å². The number of hydrogen-bond donors (Lipinski definition) is 2. The van der Waals surface area contributed by atoms with Crippen LogP contribution in [0, 0.1) is 0 Å². The van der Waals surface area contributed by atoms with Gasteiger partial charge in [-0.1, -0.05) is 0 Å². The summed E-state index contributed by atoms with van der Waals surface area (Å²) in [7, 11) is 0. The highest BCUT2D eigenvalue weighted by Gasteiger charge is 2.36. The van der Waals surface area contributed by atoms with Crippen molar-refractivity contribution >= 4 is 11.9 Å². The van der Waals surface area contributed by atoms with Gasteiger partial charge in [-0.3, -0.25) is 4.99 Å². The lowest BCUT2D eigenvalue weighted by molar-refractivity contribution is -0.143. The number of alkyl halides is 6. The fourth-order valence-electron chi connectivity index (χ4n) is 1.80. The monoisotopic (exact) mass is 349 g/mol. The Labute approximate surface area is 131 Å². The van der Waals surface area contributed by atoms with Gasteiger partial charge in [-0.15, -0.1) is 0 Å². The topological polar surface area (TPSA) is 52.8 Å². The predicted molar refractivity (Wildman–Crippen MR) is 73.5 cm³/mol. The molecule has 0 saturated heterocycles. The third kappa shape index (κ3) is 4.18. The number of hydrogen-bond acceptors (Lipinski definition) is 3. The minimum atomic E-state index is -4.97. The molecule has 0 fully saturated rings. The zero-order valence-electron chi connectivity index (χ0n) is 11.7. The first kappa shape index (κ1) is 17.6. The Bertz CT molecular complexity index is 748. The minimum Gasteiger partial charge on any atom is -0.508 e. The second-order valence-electron chi connectivity index (χ2n) is 4.77. The summed E-state index contributed by atoms with van der Waals surface area (Å²) in [6, 6.07) is 4.25. The third-order valence-corrected chi connectivity index (χ3v) is 2.94. The maximum atomic E-state index is 12.7. The average Bonchev–Trinajstić information content (AvgIpc) is 2.44. The Morgan fingerprint density at radius 3 is 1.79 bits per heavy atom. The van der Waals surface area contributed by atoms with Crippen LogP contribution in [-0.2, 0) is 12.4 Å². The standard InChI is InChI=1S/C15H9F6NO2/c16-14(17,18)9-3-10(15(19,20)21)5-11(4-9)22-7-8-1-2-12(23)6-13(8)24/h1-7,23-24H. The zero-order chi connectivity index (χ0) is 18.1. The van der Waals surface area contributed by atoms with E-state index in [0.717, 1.165) is 12.3 Å². The van der Waals surface area contributed by atoms with E-state index < -0.39 is 34.9 Å². The van der Waals surface area contributed by atoms with Crippen molar-refractivity contribution in [1.29, 1.82) is 0 Å². The van der Waals surface area contributed by atoms with Gasteiger partial charge < -0.3 is 10.2 Å². The molecule has 9 heteroatoms. The van der Waals surface area contributed by atoms with Crippen molar-refractivity contribution in [2.45, 2.75) is 12.4 Å².